The van der Waals surface area contributed by atoms with Gasteiger partial charge in [-0.2, -0.15) is 0 Å². The molecule has 22 heavy (non-hydrogen) atoms. The third-order valence-electron chi connectivity index (χ3n) is 3.88. The molecule has 114 valence electrons. The number of carbonyl (C=O) groups is 1. The zero-order valence-corrected chi connectivity index (χ0v) is 14.0. The maximum Gasteiger partial charge on any atom is 0.237 e. The van der Waals surface area contributed by atoms with Crippen molar-refractivity contribution < 1.29 is 4.79 Å². The predicted octanol–water partition coefficient (Wildman–Crippen LogP) is 4.95. The van der Waals surface area contributed by atoms with Gasteiger partial charge in [-0.1, -0.05) is 29.8 Å². The molecule has 3 rings (SSSR count). The van der Waals surface area contributed by atoms with Gasteiger partial charge in [-0.25, -0.2) is 0 Å². The number of rotatable bonds is 4. The molecular weight excluding hydrogens is 314 g/mol. The third kappa shape index (κ3) is 3.47. The summed E-state index contributed by atoms with van der Waals surface area (Å²) in [5.41, 5.74) is 3.55. The first kappa shape index (κ1) is 15.4. The lowest BCUT2D eigenvalue weighted by molar-refractivity contribution is -0.115. The molecule has 2 aromatic rings. The second-order valence-corrected chi connectivity index (χ2v) is 7.33. The first-order chi connectivity index (χ1) is 10.6. The Balaban J connectivity index is 1.65. The normalized spacial score (nSPS) is 14.5. The fourth-order valence-corrected chi connectivity index (χ4v) is 3.79. The Hall–Kier alpha value is -1.45. The summed E-state index contributed by atoms with van der Waals surface area (Å²) in [7, 11) is 0. The minimum Gasteiger partial charge on any atom is -0.324 e. The molecule has 1 aliphatic rings. The molecular formula is C18H18ClNOS. The Morgan fingerprint density at radius 3 is 2.77 bits per heavy atom. The number of aryl methyl sites for hydroxylation is 2. The van der Waals surface area contributed by atoms with Crippen LogP contribution in [0, 0.1) is 0 Å². The number of amides is 1. The van der Waals surface area contributed by atoms with Gasteiger partial charge in [0.1, 0.15) is 0 Å². The van der Waals surface area contributed by atoms with Crippen molar-refractivity contribution in [2.75, 3.05) is 5.32 Å². The van der Waals surface area contributed by atoms with Gasteiger partial charge in [0.2, 0.25) is 5.91 Å². The number of halogens is 1. The molecule has 0 saturated carbocycles. The summed E-state index contributed by atoms with van der Waals surface area (Å²) in [6.07, 6.45) is 3.58. The molecule has 0 aliphatic heterocycles. The van der Waals surface area contributed by atoms with Gasteiger partial charge >= 0.3 is 0 Å². The van der Waals surface area contributed by atoms with E-state index in [0.29, 0.717) is 10.7 Å². The summed E-state index contributed by atoms with van der Waals surface area (Å²) in [5, 5.41) is 3.28. The van der Waals surface area contributed by atoms with Crippen LogP contribution in [-0.2, 0) is 17.6 Å². The van der Waals surface area contributed by atoms with E-state index in [4.69, 9.17) is 11.6 Å². The molecule has 2 nitrogen and oxygen atoms in total. The molecule has 0 spiro atoms. The number of fused-ring (bicyclic) bond motifs is 1. The van der Waals surface area contributed by atoms with Crippen LogP contribution in [0.25, 0.3) is 0 Å². The van der Waals surface area contributed by atoms with Crippen molar-refractivity contribution >= 4 is 35.0 Å². The summed E-state index contributed by atoms with van der Waals surface area (Å²) >= 11 is 7.66. The monoisotopic (exact) mass is 331 g/mol. The van der Waals surface area contributed by atoms with Gasteiger partial charge in [0.25, 0.3) is 0 Å². The molecule has 0 saturated heterocycles. The van der Waals surface area contributed by atoms with E-state index in [9.17, 15) is 4.79 Å². The molecule has 0 fully saturated rings. The van der Waals surface area contributed by atoms with Crippen molar-refractivity contribution in [1.82, 2.24) is 0 Å². The lowest BCUT2D eigenvalue weighted by Gasteiger charge is -2.13. The first-order valence-corrected chi connectivity index (χ1v) is 8.73. The van der Waals surface area contributed by atoms with Crippen molar-refractivity contribution in [1.29, 1.82) is 0 Å². The van der Waals surface area contributed by atoms with Crippen LogP contribution < -0.4 is 5.32 Å². The van der Waals surface area contributed by atoms with Crippen molar-refractivity contribution in [3.05, 3.63) is 58.6 Å². The van der Waals surface area contributed by atoms with Crippen LogP contribution in [0.1, 0.15) is 24.5 Å². The van der Waals surface area contributed by atoms with Crippen molar-refractivity contribution in [2.24, 2.45) is 0 Å². The molecule has 0 radical (unpaired) electrons. The Bertz CT molecular complexity index is 701. The van der Waals surface area contributed by atoms with Crippen molar-refractivity contribution in [3.8, 4) is 0 Å². The van der Waals surface area contributed by atoms with Gasteiger partial charge in [0, 0.05) is 4.90 Å². The SMILES string of the molecule is C[C@@H](Sc1ccc2c(c1)CCC2)C(=O)Nc1ccccc1Cl. The number of benzene rings is 2. The summed E-state index contributed by atoms with van der Waals surface area (Å²) in [6.45, 7) is 1.92. The average Bonchev–Trinajstić information content (AvgIpc) is 2.97. The van der Waals surface area contributed by atoms with Crippen LogP contribution in [0.15, 0.2) is 47.4 Å². The Labute approximate surface area is 140 Å². The van der Waals surface area contributed by atoms with Crippen molar-refractivity contribution in [3.63, 3.8) is 0 Å². The van der Waals surface area contributed by atoms with Gasteiger partial charge < -0.3 is 5.32 Å². The maximum absolute atomic E-state index is 12.3. The molecule has 1 atom stereocenters. The van der Waals surface area contributed by atoms with Crippen LogP contribution in [0.3, 0.4) is 0 Å². The minimum atomic E-state index is -0.171. The molecule has 0 unspecified atom stereocenters. The molecule has 1 N–H and O–H groups in total. The van der Waals surface area contributed by atoms with Crippen LogP contribution in [0.5, 0.6) is 0 Å². The van der Waals surface area contributed by atoms with Crippen LogP contribution in [0.4, 0.5) is 5.69 Å². The van der Waals surface area contributed by atoms with E-state index in [2.05, 4.69) is 23.5 Å². The number of anilines is 1. The number of hydrogen-bond donors (Lipinski definition) is 1. The topological polar surface area (TPSA) is 29.1 Å². The minimum absolute atomic E-state index is 0.0291. The highest BCUT2D eigenvalue weighted by Gasteiger charge is 2.17. The summed E-state index contributed by atoms with van der Waals surface area (Å²) in [4.78, 5) is 13.5. The summed E-state index contributed by atoms with van der Waals surface area (Å²) in [6, 6.07) is 13.8. The van der Waals surface area contributed by atoms with Gasteiger partial charge in [-0.3, -0.25) is 4.79 Å². The molecule has 1 amide bonds. The zero-order valence-electron chi connectivity index (χ0n) is 12.4. The van der Waals surface area contributed by atoms with E-state index in [0.717, 1.165) is 11.3 Å². The number of carbonyl (C=O) groups excluding carboxylic acids is 1. The standard InChI is InChI=1S/C18H18ClNOS/c1-12(18(21)20-17-8-3-2-7-16(17)19)22-15-10-9-13-5-4-6-14(13)11-15/h2-3,7-12H,4-6H2,1H3,(H,20,21)/t12-/m1/s1. The van der Waals surface area contributed by atoms with E-state index < -0.39 is 0 Å². The van der Waals surface area contributed by atoms with Gasteiger partial charge in [0.05, 0.1) is 16.0 Å². The predicted molar refractivity (Wildman–Crippen MR) is 93.9 cm³/mol. The Kier molecular flexibility index (Phi) is 4.74. The van der Waals surface area contributed by atoms with E-state index in [-0.39, 0.29) is 11.2 Å². The lowest BCUT2D eigenvalue weighted by atomic mass is 10.1. The fraction of sp³-hybridized carbons (Fsp3) is 0.278. The van der Waals surface area contributed by atoms with E-state index in [1.54, 1.807) is 17.8 Å². The van der Waals surface area contributed by atoms with Crippen LogP contribution in [-0.4, -0.2) is 11.2 Å². The fourth-order valence-electron chi connectivity index (χ4n) is 2.68. The van der Waals surface area contributed by atoms with E-state index in [1.165, 1.54) is 24.0 Å². The highest BCUT2D eigenvalue weighted by Crippen LogP contribution is 2.30. The quantitative estimate of drug-likeness (QED) is 0.803. The van der Waals surface area contributed by atoms with Crippen LogP contribution in [0.2, 0.25) is 5.02 Å². The second-order valence-electron chi connectivity index (χ2n) is 5.51. The number of nitrogens with one attached hydrogen (secondary N) is 1. The summed E-state index contributed by atoms with van der Waals surface area (Å²) in [5.74, 6) is -0.0291. The smallest absolute Gasteiger partial charge is 0.237 e. The van der Waals surface area contributed by atoms with Gasteiger partial charge in [-0.05, 0) is 61.6 Å². The molecule has 1 aliphatic carbocycles. The Morgan fingerprint density at radius 1 is 1.18 bits per heavy atom. The second kappa shape index (κ2) is 6.76. The van der Waals surface area contributed by atoms with E-state index >= 15 is 0 Å². The highest BCUT2D eigenvalue weighted by molar-refractivity contribution is 8.00. The first-order valence-electron chi connectivity index (χ1n) is 7.47. The zero-order chi connectivity index (χ0) is 15.5. The molecule has 0 aromatic heterocycles. The lowest BCUT2D eigenvalue weighted by Crippen LogP contribution is -2.22. The highest BCUT2D eigenvalue weighted by atomic mass is 35.5. The average molecular weight is 332 g/mol. The molecule has 0 bridgehead atoms. The third-order valence-corrected chi connectivity index (χ3v) is 5.31. The largest absolute Gasteiger partial charge is 0.324 e. The maximum atomic E-state index is 12.3. The summed E-state index contributed by atoms with van der Waals surface area (Å²) < 4.78 is 0. The molecule has 0 heterocycles. The number of thioether (sulfide) groups is 1. The van der Waals surface area contributed by atoms with Crippen molar-refractivity contribution in [2.45, 2.75) is 36.3 Å². The van der Waals surface area contributed by atoms with Crippen LogP contribution >= 0.6 is 23.4 Å². The number of hydrogen-bond acceptors (Lipinski definition) is 2. The Morgan fingerprint density at radius 2 is 1.95 bits per heavy atom. The van der Waals surface area contributed by atoms with Gasteiger partial charge in [-0.15, -0.1) is 11.8 Å². The van der Waals surface area contributed by atoms with E-state index in [1.807, 2.05) is 25.1 Å². The number of para-hydroxylation sites is 1. The van der Waals surface area contributed by atoms with Gasteiger partial charge in [0.15, 0.2) is 0 Å². The molecule has 2 aromatic carbocycles. The molecule has 4 heteroatoms.